The zero-order chi connectivity index (χ0) is 26.8. The van der Waals surface area contributed by atoms with E-state index in [1.54, 1.807) is 0 Å². The summed E-state index contributed by atoms with van der Waals surface area (Å²) in [5.74, 6) is 3.64. The summed E-state index contributed by atoms with van der Waals surface area (Å²) in [6, 6.07) is 9.19. The maximum Gasteiger partial charge on any atom is 0.173 e. The Bertz CT molecular complexity index is 1190. The molecule has 1 aromatic carbocycles. The van der Waals surface area contributed by atoms with E-state index in [4.69, 9.17) is 9.47 Å². The van der Waals surface area contributed by atoms with Gasteiger partial charge in [0.2, 0.25) is 0 Å². The van der Waals surface area contributed by atoms with Crippen LogP contribution < -0.4 is 4.74 Å². The molecule has 3 atom stereocenters. The van der Waals surface area contributed by atoms with Gasteiger partial charge in [-0.3, -0.25) is 0 Å². The van der Waals surface area contributed by atoms with Crippen molar-refractivity contribution in [3.05, 3.63) is 53.4 Å². The second-order valence-corrected chi connectivity index (χ2v) is 11.6. The highest BCUT2D eigenvalue weighted by Gasteiger charge is 2.31. The molecule has 9 heteroatoms. The molecular formula is C29H43N7O2. The highest BCUT2D eigenvalue weighted by Crippen LogP contribution is 2.38. The van der Waals surface area contributed by atoms with E-state index in [1.165, 1.54) is 5.56 Å². The highest BCUT2D eigenvalue weighted by molar-refractivity contribution is 5.30. The van der Waals surface area contributed by atoms with Crippen molar-refractivity contribution < 1.29 is 9.47 Å². The van der Waals surface area contributed by atoms with Crippen LogP contribution in [0, 0.1) is 0 Å². The van der Waals surface area contributed by atoms with Crippen molar-refractivity contribution in [1.29, 1.82) is 0 Å². The average molecular weight is 522 g/mol. The minimum atomic E-state index is -0.177. The Kier molecular flexibility index (Phi) is 8.14. The van der Waals surface area contributed by atoms with Crippen LogP contribution in [0.2, 0.25) is 0 Å². The molecule has 0 amide bonds. The first kappa shape index (κ1) is 26.8. The predicted molar refractivity (Wildman–Crippen MR) is 146 cm³/mol. The first-order chi connectivity index (χ1) is 18.3. The van der Waals surface area contributed by atoms with Gasteiger partial charge in [0.05, 0.1) is 18.8 Å². The molecule has 1 saturated heterocycles. The van der Waals surface area contributed by atoms with Gasteiger partial charge < -0.3 is 18.9 Å². The lowest BCUT2D eigenvalue weighted by Crippen LogP contribution is -2.36. The quantitative estimate of drug-likeness (QED) is 0.395. The molecular weight excluding hydrogens is 478 g/mol. The summed E-state index contributed by atoms with van der Waals surface area (Å²) in [7, 11) is 6.30. The third-order valence-electron chi connectivity index (χ3n) is 8.42. The topological polar surface area (TPSA) is 83.1 Å². The van der Waals surface area contributed by atoms with Crippen molar-refractivity contribution in [3.63, 3.8) is 0 Å². The summed E-state index contributed by atoms with van der Waals surface area (Å²) < 4.78 is 16.6. The molecule has 2 fully saturated rings. The zero-order valence-electron chi connectivity index (χ0n) is 23.7. The molecule has 3 aromatic rings. The fourth-order valence-electron chi connectivity index (χ4n) is 5.86. The number of hydrogen-bond donors (Lipinski definition) is 0. The molecule has 0 spiro atoms. The lowest BCUT2D eigenvalue weighted by molar-refractivity contribution is -0.0291. The molecule has 5 rings (SSSR count). The lowest BCUT2D eigenvalue weighted by atomic mass is 9.85. The molecule has 206 valence electrons. The molecule has 1 aliphatic heterocycles. The minimum Gasteiger partial charge on any atom is -0.483 e. The summed E-state index contributed by atoms with van der Waals surface area (Å²) in [4.78, 5) is 2.24. The largest absolute Gasteiger partial charge is 0.483 e. The average Bonchev–Trinajstić information content (AvgIpc) is 3.56. The first-order valence-corrected chi connectivity index (χ1v) is 14.2. The van der Waals surface area contributed by atoms with Crippen LogP contribution in [-0.2, 0) is 11.8 Å². The smallest absolute Gasteiger partial charge is 0.173 e. The minimum absolute atomic E-state index is 0.0606. The maximum absolute atomic E-state index is 6.26. The summed E-state index contributed by atoms with van der Waals surface area (Å²) >= 11 is 0. The van der Waals surface area contributed by atoms with Gasteiger partial charge in [0.1, 0.15) is 23.4 Å². The van der Waals surface area contributed by atoms with E-state index in [-0.39, 0.29) is 12.2 Å². The lowest BCUT2D eigenvalue weighted by Gasteiger charge is -2.32. The van der Waals surface area contributed by atoms with Crippen LogP contribution in [0.4, 0.5) is 0 Å². The van der Waals surface area contributed by atoms with Crippen molar-refractivity contribution in [3.8, 4) is 5.75 Å². The fourth-order valence-corrected chi connectivity index (χ4v) is 5.86. The van der Waals surface area contributed by atoms with E-state index < -0.39 is 0 Å². The number of ether oxygens (including phenoxy) is 2. The summed E-state index contributed by atoms with van der Waals surface area (Å²) in [6.07, 6.45) is 8.34. The Hall–Kier alpha value is -2.78. The number of aromatic nitrogens is 6. The van der Waals surface area contributed by atoms with Gasteiger partial charge in [-0.2, -0.15) is 0 Å². The fraction of sp³-hybridized carbons (Fsp3) is 0.655. The van der Waals surface area contributed by atoms with Crippen LogP contribution in [0.3, 0.4) is 0 Å². The van der Waals surface area contributed by atoms with Crippen molar-refractivity contribution >= 4 is 0 Å². The van der Waals surface area contributed by atoms with Gasteiger partial charge in [-0.05, 0) is 83.2 Å². The molecule has 0 bridgehead atoms. The van der Waals surface area contributed by atoms with E-state index in [1.807, 2.05) is 13.0 Å². The number of benzene rings is 1. The van der Waals surface area contributed by atoms with Gasteiger partial charge >= 0.3 is 0 Å². The van der Waals surface area contributed by atoms with E-state index >= 15 is 0 Å². The van der Waals surface area contributed by atoms with Crippen LogP contribution in [0.1, 0.15) is 112 Å². The Morgan fingerprint density at radius 2 is 1.79 bits per heavy atom. The Labute approximate surface area is 226 Å². The molecule has 0 radical (unpaired) electrons. The van der Waals surface area contributed by atoms with Crippen molar-refractivity contribution in [1.82, 2.24) is 34.7 Å². The van der Waals surface area contributed by atoms with Gasteiger partial charge in [-0.25, -0.2) is 4.68 Å². The number of rotatable bonds is 8. The second-order valence-electron chi connectivity index (χ2n) is 11.6. The number of hydrogen-bond acceptors (Lipinski definition) is 7. The molecule has 2 aromatic heterocycles. The van der Waals surface area contributed by atoms with Crippen LogP contribution in [0.25, 0.3) is 0 Å². The molecule has 2 aliphatic rings. The van der Waals surface area contributed by atoms with Crippen LogP contribution in [-0.4, -0.2) is 61.4 Å². The van der Waals surface area contributed by atoms with Gasteiger partial charge in [0.15, 0.2) is 11.9 Å². The molecule has 1 saturated carbocycles. The SMILES string of the molecule is CC(C)c1cccc(O[C@H](C)c2nnc(C3CCC(n4cc(C5CCC(N(C)C)CO5)nn4)CC3)n2C)c1. The Morgan fingerprint density at radius 1 is 1.00 bits per heavy atom. The van der Waals surface area contributed by atoms with Crippen LogP contribution in [0.5, 0.6) is 5.75 Å². The van der Waals surface area contributed by atoms with Gasteiger partial charge in [-0.15, -0.1) is 15.3 Å². The molecule has 3 heterocycles. The number of likely N-dealkylation sites (N-methyl/N-ethyl adjacent to an activating group) is 1. The Morgan fingerprint density at radius 3 is 2.47 bits per heavy atom. The normalized spacial score (nSPS) is 25.2. The van der Waals surface area contributed by atoms with Crippen molar-refractivity contribution in [2.24, 2.45) is 7.05 Å². The summed E-state index contributed by atoms with van der Waals surface area (Å²) in [6.45, 7) is 7.19. The molecule has 0 N–H and O–H groups in total. The standard InChI is InChI=1S/C29H43N7O2/c1-19(2)22-8-7-9-25(16-22)38-20(3)28-31-32-29(35(28)6)21-10-12-23(13-11-21)36-17-26(30-33-36)27-15-14-24(18-37-27)34(4)5/h7-9,16-17,19-21,23-24,27H,10-15,18H2,1-6H3/t20-,21?,23?,24?,27?/m1/s1. The van der Waals surface area contributed by atoms with Crippen LogP contribution in [0.15, 0.2) is 30.5 Å². The van der Waals surface area contributed by atoms with E-state index in [2.05, 4.69) is 94.0 Å². The first-order valence-electron chi connectivity index (χ1n) is 14.2. The molecule has 2 unspecified atom stereocenters. The Balaban J connectivity index is 1.17. The second kappa shape index (κ2) is 11.5. The van der Waals surface area contributed by atoms with E-state index in [0.29, 0.717) is 23.9 Å². The van der Waals surface area contributed by atoms with Crippen LogP contribution >= 0.6 is 0 Å². The van der Waals surface area contributed by atoms with E-state index in [9.17, 15) is 0 Å². The summed E-state index contributed by atoms with van der Waals surface area (Å²) in [5, 5.41) is 18.1. The van der Waals surface area contributed by atoms with Crippen molar-refractivity contribution in [2.75, 3.05) is 20.7 Å². The number of nitrogens with zero attached hydrogens (tertiary/aromatic N) is 7. The summed E-state index contributed by atoms with van der Waals surface area (Å²) in [5.41, 5.74) is 2.24. The third-order valence-corrected chi connectivity index (χ3v) is 8.42. The predicted octanol–water partition coefficient (Wildman–Crippen LogP) is 5.35. The maximum atomic E-state index is 6.26. The monoisotopic (exact) mass is 521 g/mol. The van der Waals surface area contributed by atoms with Gasteiger partial charge in [0, 0.05) is 19.0 Å². The third kappa shape index (κ3) is 5.78. The van der Waals surface area contributed by atoms with Crippen molar-refractivity contribution in [2.45, 2.75) is 95.4 Å². The zero-order valence-corrected chi connectivity index (χ0v) is 23.7. The highest BCUT2D eigenvalue weighted by atomic mass is 16.5. The van der Waals surface area contributed by atoms with Gasteiger partial charge in [-0.1, -0.05) is 31.2 Å². The molecule has 38 heavy (non-hydrogen) atoms. The molecule has 9 nitrogen and oxygen atoms in total. The van der Waals surface area contributed by atoms with Gasteiger partial charge in [0.25, 0.3) is 0 Å². The van der Waals surface area contributed by atoms with E-state index in [0.717, 1.165) is 68.2 Å². The molecule has 1 aliphatic carbocycles.